The highest BCUT2D eigenvalue weighted by Gasteiger charge is 2.26. The van der Waals surface area contributed by atoms with Crippen molar-refractivity contribution < 1.29 is 4.79 Å². The molecule has 20 heavy (non-hydrogen) atoms. The molecular weight excluding hydrogens is 252 g/mol. The van der Waals surface area contributed by atoms with E-state index in [9.17, 15) is 4.79 Å². The van der Waals surface area contributed by atoms with Gasteiger partial charge in [-0.1, -0.05) is 0 Å². The number of carbonyl (C=O) groups is 1. The Morgan fingerprint density at radius 1 is 1.50 bits per heavy atom. The summed E-state index contributed by atoms with van der Waals surface area (Å²) < 4.78 is 0. The summed E-state index contributed by atoms with van der Waals surface area (Å²) in [5, 5.41) is 3.20. The third-order valence-electron chi connectivity index (χ3n) is 3.91. The summed E-state index contributed by atoms with van der Waals surface area (Å²) in [5.41, 5.74) is 6.95. The van der Waals surface area contributed by atoms with E-state index in [1.54, 1.807) is 6.07 Å². The maximum Gasteiger partial charge on any atom is 0.252 e. The third kappa shape index (κ3) is 3.28. The van der Waals surface area contributed by atoms with Crippen molar-refractivity contribution in [2.24, 2.45) is 5.73 Å². The molecule has 0 aliphatic carbocycles. The first-order valence-electron chi connectivity index (χ1n) is 7.32. The molecule has 2 rings (SSSR count). The lowest BCUT2D eigenvalue weighted by atomic mass is 9.98. The Balaban J connectivity index is 2.31. The van der Waals surface area contributed by atoms with Crippen molar-refractivity contribution in [3.8, 4) is 0 Å². The molecule has 1 aromatic rings. The van der Waals surface area contributed by atoms with E-state index in [0.29, 0.717) is 11.6 Å². The van der Waals surface area contributed by atoms with E-state index in [1.165, 1.54) is 6.42 Å². The number of hydrogen-bond donors (Lipinski definition) is 2. The van der Waals surface area contributed by atoms with Gasteiger partial charge in [-0.2, -0.15) is 0 Å². The van der Waals surface area contributed by atoms with Gasteiger partial charge in [-0.15, -0.1) is 0 Å². The van der Waals surface area contributed by atoms with Crippen LogP contribution in [0.4, 0.5) is 5.82 Å². The van der Waals surface area contributed by atoms with Gasteiger partial charge in [0, 0.05) is 18.3 Å². The van der Waals surface area contributed by atoms with E-state index in [0.717, 1.165) is 43.9 Å². The molecule has 5 nitrogen and oxygen atoms in total. The Morgan fingerprint density at radius 3 is 3.00 bits per heavy atom. The van der Waals surface area contributed by atoms with Crippen LogP contribution in [-0.2, 0) is 0 Å². The lowest BCUT2D eigenvalue weighted by Gasteiger charge is -2.37. The molecule has 1 fully saturated rings. The van der Waals surface area contributed by atoms with Gasteiger partial charge in [0.05, 0.1) is 5.56 Å². The van der Waals surface area contributed by atoms with E-state index in [2.05, 4.69) is 15.2 Å². The maximum atomic E-state index is 11.6. The summed E-state index contributed by atoms with van der Waals surface area (Å²) in [5.74, 6) is 0.365. The monoisotopic (exact) mass is 276 g/mol. The summed E-state index contributed by atoms with van der Waals surface area (Å²) in [7, 11) is 1.97. The Hall–Kier alpha value is -1.62. The number of aryl methyl sites for hydroxylation is 1. The predicted molar refractivity (Wildman–Crippen MR) is 81.0 cm³/mol. The van der Waals surface area contributed by atoms with Crippen LogP contribution in [-0.4, -0.2) is 37.1 Å². The number of nitrogens with one attached hydrogen (secondary N) is 1. The first kappa shape index (κ1) is 14.8. The number of rotatable bonds is 5. The molecule has 1 aromatic heterocycles. The van der Waals surface area contributed by atoms with E-state index in [4.69, 9.17) is 5.73 Å². The quantitative estimate of drug-likeness (QED) is 0.854. The number of carbonyl (C=O) groups excluding carboxylic acids is 1. The molecule has 1 aliphatic heterocycles. The highest BCUT2D eigenvalue weighted by molar-refractivity contribution is 5.97. The molecule has 1 amide bonds. The van der Waals surface area contributed by atoms with Crippen LogP contribution in [0.15, 0.2) is 12.1 Å². The van der Waals surface area contributed by atoms with Crippen LogP contribution in [0, 0.1) is 6.92 Å². The average Bonchev–Trinajstić information content (AvgIpc) is 2.45. The summed E-state index contributed by atoms with van der Waals surface area (Å²) in [6.07, 6.45) is 4.59. The van der Waals surface area contributed by atoms with Crippen molar-refractivity contribution in [1.29, 1.82) is 0 Å². The number of hydrogen-bond acceptors (Lipinski definition) is 4. The number of anilines is 1. The van der Waals surface area contributed by atoms with Crippen molar-refractivity contribution in [1.82, 2.24) is 10.3 Å². The number of aromatic nitrogens is 1. The van der Waals surface area contributed by atoms with Gasteiger partial charge in [0.15, 0.2) is 0 Å². The molecule has 0 radical (unpaired) electrons. The second-order valence-corrected chi connectivity index (χ2v) is 5.42. The summed E-state index contributed by atoms with van der Waals surface area (Å²) in [4.78, 5) is 18.5. The molecule has 0 saturated carbocycles. The zero-order valence-electron chi connectivity index (χ0n) is 12.4. The number of nitrogens with two attached hydrogens (primary N) is 1. The van der Waals surface area contributed by atoms with Crippen molar-refractivity contribution in [2.45, 2.75) is 38.6 Å². The molecular formula is C15H24N4O. The average molecular weight is 276 g/mol. The van der Waals surface area contributed by atoms with Gasteiger partial charge in [0.25, 0.3) is 5.91 Å². The fourth-order valence-electron chi connectivity index (χ4n) is 2.84. The van der Waals surface area contributed by atoms with Crippen molar-refractivity contribution in [2.75, 3.05) is 25.0 Å². The summed E-state index contributed by atoms with van der Waals surface area (Å²) >= 11 is 0. The number of primary amides is 1. The minimum absolute atomic E-state index is 0.398. The normalized spacial score (nSPS) is 19.1. The lowest BCUT2D eigenvalue weighted by molar-refractivity contribution is 0.1000. The molecule has 1 aliphatic rings. The Kier molecular flexibility index (Phi) is 4.95. The SMILES string of the molecule is CNCCC1CCCCN1c1nc(C)ccc1C(N)=O. The Bertz CT molecular complexity index is 475. The molecule has 1 atom stereocenters. The van der Waals surface area contributed by atoms with Gasteiger partial charge in [-0.3, -0.25) is 4.79 Å². The molecule has 0 bridgehead atoms. The van der Waals surface area contributed by atoms with E-state index < -0.39 is 5.91 Å². The van der Waals surface area contributed by atoms with Gasteiger partial charge in [-0.25, -0.2) is 4.98 Å². The standard InChI is InChI=1S/C15H24N4O/c1-11-6-7-13(14(16)20)15(18-11)19-10-4-3-5-12(19)8-9-17-2/h6-7,12,17H,3-5,8-10H2,1-2H3,(H2,16,20). The second-order valence-electron chi connectivity index (χ2n) is 5.42. The number of nitrogens with zero attached hydrogens (tertiary/aromatic N) is 2. The minimum atomic E-state index is -0.398. The van der Waals surface area contributed by atoms with Crippen LogP contribution in [0.1, 0.15) is 41.7 Å². The van der Waals surface area contributed by atoms with Gasteiger partial charge in [0.2, 0.25) is 0 Å². The molecule has 0 aromatic carbocycles. The van der Waals surface area contributed by atoms with Gasteiger partial charge in [-0.05, 0) is 58.3 Å². The van der Waals surface area contributed by atoms with Crippen LogP contribution in [0.5, 0.6) is 0 Å². The minimum Gasteiger partial charge on any atom is -0.365 e. The van der Waals surface area contributed by atoms with Crippen molar-refractivity contribution in [3.05, 3.63) is 23.4 Å². The molecule has 3 N–H and O–H groups in total. The van der Waals surface area contributed by atoms with Gasteiger partial charge < -0.3 is 16.0 Å². The van der Waals surface area contributed by atoms with E-state index >= 15 is 0 Å². The van der Waals surface area contributed by atoms with E-state index in [-0.39, 0.29) is 0 Å². The molecule has 110 valence electrons. The van der Waals surface area contributed by atoms with Crippen molar-refractivity contribution in [3.63, 3.8) is 0 Å². The first-order valence-corrected chi connectivity index (χ1v) is 7.32. The van der Waals surface area contributed by atoms with Crippen molar-refractivity contribution >= 4 is 11.7 Å². The van der Waals surface area contributed by atoms with Crippen LogP contribution in [0.25, 0.3) is 0 Å². The maximum absolute atomic E-state index is 11.6. The van der Waals surface area contributed by atoms with E-state index in [1.807, 2.05) is 20.0 Å². The zero-order chi connectivity index (χ0) is 14.5. The number of piperidine rings is 1. The highest BCUT2D eigenvalue weighted by Crippen LogP contribution is 2.27. The fraction of sp³-hybridized carbons (Fsp3) is 0.600. The Morgan fingerprint density at radius 2 is 2.30 bits per heavy atom. The fourth-order valence-corrected chi connectivity index (χ4v) is 2.84. The largest absolute Gasteiger partial charge is 0.365 e. The van der Waals surface area contributed by atoms with Gasteiger partial charge >= 0.3 is 0 Å². The van der Waals surface area contributed by atoms with Crippen LogP contribution in [0.2, 0.25) is 0 Å². The zero-order valence-corrected chi connectivity index (χ0v) is 12.4. The first-order chi connectivity index (χ1) is 9.63. The third-order valence-corrected chi connectivity index (χ3v) is 3.91. The summed E-state index contributed by atoms with van der Waals surface area (Å²) in [6.45, 7) is 3.87. The second kappa shape index (κ2) is 6.70. The number of pyridine rings is 1. The van der Waals surface area contributed by atoms with Crippen LogP contribution >= 0.6 is 0 Å². The van der Waals surface area contributed by atoms with Gasteiger partial charge in [0.1, 0.15) is 5.82 Å². The Labute approximate surface area is 120 Å². The topological polar surface area (TPSA) is 71.2 Å². The molecule has 1 unspecified atom stereocenters. The predicted octanol–water partition coefficient (Wildman–Crippen LogP) is 1.46. The highest BCUT2D eigenvalue weighted by atomic mass is 16.1. The molecule has 5 heteroatoms. The molecule has 1 saturated heterocycles. The van der Waals surface area contributed by atoms with Crippen LogP contribution in [0.3, 0.4) is 0 Å². The number of amides is 1. The summed E-state index contributed by atoms with van der Waals surface area (Å²) in [6, 6.07) is 4.07. The molecule has 2 heterocycles. The smallest absolute Gasteiger partial charge is 0.252 e. The molecule has 0 spiro atoms. The van der Waals surface area contributed by atoms with Crippen LogP contribution < -0.4 is 16.0 Å². The lowest BCUT2D eigenvalue weighted by Crippen LogP contribution is -2.42.